The van der Waals surface area contributed by atoms with Crippen LogP contribution in [0.1, 0.15) is 13.8 Å². The summed E-state index contributed by atoms with van der Waals surface area (Å²) in [6.45, 7) is 5.25. The zero-order valence-corrected chi connectivity index (χ0v) is 11.3. The molecule has 0 fully saturated rings. The van der Waals surface area contributed by atoms with Crippen LogP contribution in [-0.2, 0) is 0 Å². The summed E-state index contributed by atoms with van der Waals surface area (Å²) in [5, 5.41) is 3.28. The lowest BCUT2D eigenvalue weighted by Gasteiger charge is -2.26. The minimum absolute atomic E-state index is 0.522. The van der Waals surface area contributed by atoms with Crippen molar-refractivity contribution in [3.8, 4) is 0 Å². The zero-order valence-electron chi connectivity index (χ0n) is 10.5. The molecule has 0 aliphatic heterocycles. The lowest BCUT2D eigenvalue weighted by molar-refractivity contribution is 0.764. The normalized spacial score (nSPS) is 12.2. The van der Waals surface area contributed by atoms with Crippen molar-refractivity contribution >= 4 is 23.1 Å². The maximum absolute atomic E-state index is 4.26. The van der Waals surface area contributed by atoms with E-state index >= 15 is 0 Å². The number of nitrogens with zero attached hydrogens (tertiary/aromatic N) is 2. The van der Waals surface area contributed by atoms with E-state index in [-0.39, 0.29) is 0 Å². The molecular weight excluding hydrogens is 218 g/mol. The van der Waals surface area contributed by atoms with Gasteiger partial charge in [-0.2, -0.15) is 11.8 Å². The fourth-order valence-corrected chi connectivity index (χ4v) is 2.23. The molecule has 1 aromatic heterocycles. The van der Waals surface area contributed by atoms with Crippen LogP contribution in [0, 0.1) is 0 Å². The third-order valence-electron chi connectivity index (χ3n) is 2.58. The highest BCUT2D eigenvalue weighted by atomic mass is 32.2. The molecule has 0 spiro atoms. The average molecular weight is 239 g/mol. The van der Waals surface area contributed by atoms with E-state index in [0.717, 1.165) is 18.0 Å². The highest BCUT2D eigenvalue weighted by Crippen LogP contribution is 2.19. The number of hydrogen-bond donors (Lipinski definition) is 1. The molecule has 0 bridgehead atoms. The van der Waals surface area contributed by atoms with Crippen LogP contribution in [0.25, 0.3) is 0 Å². The molecule has 1 heterocycles. The van der Waals surface area contributed by atoms with E-state index in [0.29, 0.717) is 6.04 Å². The van der Waals surface area contributed by atoms with Crippen molar-refractivity contribution in [1.29, 1.82) is 0 Å². The molecule has 0 amide bonds. The first-order chi connectivity index (χ1) is 7.69. The summed E-state index contributed by atoms with van der Waals surface area (Å²) in [6.07, 6.45) is 5.91. The number of aromatic nitrogens is 1. The van der Waals surface area contributed by atoms with Crippen molar-refractivity contribution in [3.63, 3.8) is 0 Å². The van der Waals surface area contributed by atoms with E-state index in [2.05, 4.69) is 48.4 Å². The van der Waals surface area contributed by atoms with Crippen LogP contribution in [0.2, 0.25) is 0 Å². The summed E-state index contributed by atoms with van der Waals surface area (Å²) < 4.78 is 0. The van der Waals surface area contributed by atoms with Crippen LogP contribution >= 0.6 is 11.8 Å². The number of nitrogens with one attached hydrogen (secondary N) is 1. The molecule has 1 unspecified atom stereocenters. The van der Waals surface area contributed by atoms with Gasteiger partial charge in [0.15, 0.2) is 0 Å². The first-order valence-electron chi connectivity index (χ1n) is 5.59. The van der Waals surface area contributed by atoms with Gasteiger partial charge in [0.05, 0.1) is 23.8 Å². The van der Waals surface area contributed by atoms with Crippen LogP contribution in [0.15, 0.2) is 18.5 Å². The number of pyridine rings is 1. The summed E-state index contributed by atoms with van der Waals surface area (Å²) in [5.74, 6) is 1.13. The van der Waals surface area contributed by atoms with Gasteiger partial charge in [-0.15, -0.1) is 0 Å². The quantitative estimate of drug-likeness (QED) is 0.826. The van der Waals surface area contributed by atoms with Crippen molar-refractivity contribution in [1.82, 2.24) is 4.98 Å². The Kier molecular flexibility index (Phi) is 5.46. The van der Waals surface area contributed by atoms with E-state index in [1.54, 1.807) is 0 Å². The van der Waals surface area contributed by atoms with Crippen molar-refractivity contribution in [3.05, 3.63) is 18.5 Å². The third-order valence-corrected chi connectivity index (χ3v) is 3.40. The van der Waals surface area contributed by atoms with Crippen molar-refractivity contribution in [2.24, 2.45) is 0 Å². The molecule has 0 radical (unpaired) electrons. The van der Waals surface area contributed by atoms with Gasteiger partial charge < -0.3 is 10.2 Å². The van der Waals surface area contributed by atoms with Crippen LogP contribution in [0.5, 0.6) is 0 Å². The third kappa shape index (κ3) is 3.59. The van der Waals surface area contributed by atoms with Gasteiger partial charge in [0.1, 0.15) is 0 Å². The molecule has 16 heavy (non-hydrogen) atoms. The topological polar surface area (TPSA) is 28.2 Å². The molecule has 90 valence electrons. The fourth-order valence-electron chi connectivity index (χ4n) is 1.53. The maximum atomic E-state index is 4.26. The summed E-state index contributed by atoms with van der Waals surface area (Å²) in [4.78, 5) is 6.52. The molecule has 3 nitrogen and oxygen atoms in total. The van der Waals surface area contributed by atoms with E-state index < -0.39 is 0 Å². The standard InChI is InChI=1S/C12H21N3S/c1-5-14-11-6-12(8-13-7-11)15(3)10(2)9-16-4/h6-8,10,14H,5,9H2,1-4H3. The van der Waals surface area contributed by atoms with E-state index in [1.165, 1.54) is 5.69 Å². The van der Waals surface area contributed by atoms with E-state index in [9.17, 15) is 0 Å². The molecule has 4 heteroatoms. The van der Waals surface area contributed by atoms with Crippen molar-refractivity contribution in [2.75, 3.05) is 35.8 Å². The molecule has 1 atom stereocenters. The second-order valence-electron chi connectivity index (χ2n) is 3.88. The molecule has 0 saturated heterocycles. The second-order valence-corrected chi connectivity index (χ2v) is 4.79. The molecule has 1 N–H and O–H groups in total. The van der Waals surface area contributed by atoms with Crippen molar-refractivity contribution in [2.45, 2.75) is 19.9 Å². The summed E-state index contributed by atoms with van der Waals surface area (Å²) in [7, 11) is 2.12. The predicted molar refractivity (Wildman–Crippen MR) is 74.6 cm³/mol. The Balaban J connectivity index is 2.74. The first-order valence-corrected chi connectivity index (χ1v) is 6.99. The van der Waals surface area contributed by atoms with Gasteiger partial charge >= 0.3 is 0 Å². The smallest absolute Gasteiger partial charge is 0.0573 e. The highest BCUT2D eigenvalue weighted by molar-refractivity contribution is 7.98. The molecule has 0 saturated carbocycles. The molecule has 0 aliphatic rings. The second kappa shape index (κ2) is 6.63. The Morgan fingerprint density at radius 1 is 1.50 bits per heavy atom. The molecule has 0 aromatic carbocycles. The Morgan fingerprint density at radius 3 is 2.88 bits per heavy atom. The summed E-state index contributed by atoms with van der Waals surface area (Å²) in [5.41, 5.74) is 2.25. The Morgan fingerprint density at radius 2 is 2.25 bits per heavy atom. The van der Waals surface area contributed by atoms with Gasteiger partial charge in [0, 0.05) is 25.4 Å². The number of hydrogen-bond acceptors (Lipinski definition) is 4. The van der Waals surface area contributed by atoms with E-state index in [1.807, 2.05) is 24.2 Å². The van der Waals surface area contributed by atoms with Crippen LogP contribution in [-0.4, -0.2) is 36.6 Å². The molecule has 1 aromatic rings. The SMILES string of the molecule is CCNc1cncc(N(C)C(C)CSC)c1. The van der Waals surface area contributed by atoms with Crippen LogP contribution in [0.3, 0.4) is 0 Å². The van der Waals surface area contributed by atoms with Gasteiger partial charge in [-0.3, -0.25) is 4.98 Å². The van der Waals surface area contributed by atoms with Crippen LogP contribution in [0.4, 0.5) is 11.4 Å². The Hall–Kier alpha value is -0.900. The van der Waals surface area contributed by atoms with Crippen molar-refractivity contribution < 1.29 is 0 Å². The van der Waals surface area contributed by atoms with Gasteiger partial charge in [0.2, 0.25) is 0 Å². The zero-order chi connectivity index (χ0) is 12.0. The number of anilines is 2. The summed E-state index contributed by atoms with van der Waals surface area (Å²) in [6, 6.07) is 2.67. The first kappa shape index (κ1) is 13.2. The monoisotopic (exact) mass is 239 g/mol. The predicted octanol–water partition coefficient (Wildman–Crippen LogP) is 2.70. The van der Waals surface area contributed by atoms with Crippen LogP contribution < -0.4 is 10.2 Å². The van der Waals surface area contributed by atoms with Gasteiger partial charge in [0.25, 0.3) is 0 Å². The Labute approximate surface area is 103 Å². The molecule has 0 aliphatic carbocycles. The minimum Gasteiger partial charge on any atom is -0.384 e. The largest absolute Gasteiger partial charge is 0.384 e. The van der Waals surface area contributed by atoms with Gasteiger partial charge in [-0.05, 0) is 26.2 Å². The fraction of sp³-hybridized carbons (Fsp3) is 0.583. The maximum Gasteiger partial charge on any atom is 0.0573 e. The number of thioether (sulfide) groups is 1. The van der Waals surface area contributed by atoms with E-state index in [4.69, 9.17) is 0 Å². The number of rotatable bonds is 6. The molecular formula is C12H21N3S. The van der Waals surface area contributed by atoms with Gasteiger partial charge in [-0.1, -0.05) is 0 Å². The average Bonchev–Trinajstić information content (AvgIpc) is 2.29. The minimum atomic E-state index is 0.522. The highest BCUT2D eigenvalue weighted by Gasteiger charge is 2.09. The lowest BCUT2D eigenvalue weighted by atomic mass is 10.3. The summed E-state index contributed by atoms with van der Waals surface area (Å²) >= 11 is 1.87. The lowest BCUT2D eigenvalue weighted by Crippen LogP contribution is -2.30. The van der Waals surface area contributed by atoms with Gasteiger partial charge in [-0.25, -0.2) is 0 Å². The Bertz CT molecular complexity index is 317. The molecule has 1 rings (SSSR count).